The number of hydrogen-bond acceptors (Lipinski definition) is 4. The molecule has 1 unspecified atom stereocenters. The van der Waals surface area contributed by atoms with Crippen molar-refractivity contribution in [2.45, 2.75) is 13.0 Å². The summed E-state index contributed by atoms with van der Waals surface area (Å²) in [7, 11) is 1.59. The summed E-state index contributed by atoms with van der Waals surface area (Å²) in [5, 5.41) is 2.61. The smallest absolute Gasteiger partial charge is 0.239 e. The highest BCUT2D eigenvalue weighted by Crippen LogP contribution is 2.11. The molecule has 1 aliphatic heterocycles. The van der Waals surface area contributed by atoms with E-state index in [4.69, 9.17) is 4.74 Å². The lowest BCUT2D eigenvalue weighted by atomic mass is 10.1. The van der Waals surface area contributed by atoms with Crippen molar-refractivity contribution >= 4 is 11.7 Å². The molecule has 0 aliphatic carbocycles. The van der Waals surface area contributed by atoms with Gasteiger partial charge in [-0.2, -0.15) is 0 Å². The number of nitrogens with zero attached hydrogens (tertiary/aromatic N) is 1. The molecule has 108 valence electrons. The van der Waals surface area contributed by atoms with Gasteiger partial charge in [-0.05, 0) is 13.0 Å². The van der Waals surface area contributed by atoms with Crippen molar-refractivity contribution in [2.75, 3.05) is 33.4 Å². The first kappa shape index (κ1) is 14.7. The van der Waals surface area contributed by atoms with Gasteiger partial charge in [-0.1, -0.05) is 23.8 Å². The van der Waals surface area contributed by atoms with E-state index in [1.807, 2.05) is 36.1 Å². The van der Waals surface area contributed by atoms with Crippen molar-refractivity contribution in [1.82, 2.24) is 10.2 Å². The number of likely N-dealkylation sites (N-methyl/N-ethyl adjacent to an activating group) is 1. The molecule has 1 heterocycles. The van der Waals surface area contributed by atoms with E-state index >= 15 is 0 Å². The van der Waals surface area contributed by atoms with Crippen LogP contribution in [0.15, 0.2) is 24.3 Å². The van der Waals surface area contributed by atoms with Crippen molar-refractivity contribution in [2.24, 2.45) is 0 Å². The molecule has 1 amide bonds. The summed E-state index contributed by atoms with van der Waals surface area (Å²) in [6.45, 7) is 3.68. The predicted molar refractivity (Wildman–Crippen MR) is 75.8 cm³/mol. The number of hydrogen-bond donors (Lipinski definition) is 1. The monoisotopic (exact) mass is 276 g/mol. The maximum Gasteiger partial charge on any atom is 0.239 e. The fraction of sp³-hybridized carbons (Fsp3) is 0.467. The Balaban J connectivity index is 2.07. The lowest BCUT2D eigenvalue weighted by Gasteiger charge is -2.33. The van der Waals surface area contributed by atoms with E-state index in [0.717, 1.165) is 5.56 Å². The van der Waals surface area contributed by atoms with E-state index in [1.165, 1.54) is 0 Å². The number of morpholine rings is 1. The van der Waals surface area contributed by atoms with Gasteiger partial charge in [0.2, 0.25) is 5.91 Å². The predicted octanol–water partition coefficient (Wildman–Crippen LogP) is 0.625. The first-order valence-corrected chi connectivity index (χ1v) is 6.75. The zero-order valence-corrected chi connectivity index (χ0v) is 11.9. The maximum absolute atomic E-state index is 12.3. The number of Topliss-reactive ketones (excluding diaryl/α,β-unsaturated/α-hetero) is 1. The quantitative estimate of drug-likeness (QED) is 0.819. The standard InChI is InChI=1S/C15H20N2O3/c1-11-4-3-5-12(8-11)14(18)9-17-6-7-20-10-13(17)15(19)16-2/h3-5,8,13H,6-7,9-10H2,1-2H3,(H,16,19). The van der Waals surface area contributed by atoms with Crippen molar-refractivity contribution < 1.29 is 14.3 Å². The lowest BCUT2D eigenvalue weighted by molar-refractivity contribution is -0.131. The largest absolute Gasteiger partial charge is 0.378 e. The molecule has 0 radical (unpaired) electrons. The molecular formula is C15H20N2O3. The third-order valence-corrected chi connectivity index (χ3v) is 3.48. The molecule has 1 aromatic carbocycles. The van der Waals surface area contributed by atoms with E-state index in [9.17, 15) is 9.59 Å². The number of benzene rings is 1. The average molecular weight is 276 g/mol. The minimum Gasteiger partial charge on any atom is -0.378 e. The van der Waals surface area contributed by atoms with Gasteiger partial charge >= 0.3 is 0 Å². The van der Waals surface area contributed by atoms with Crippen LogP contribution in [0.2, 0.25) is 0 Å². The SMILES string of the molecule is CNC(=O)C1COCCN1CC(=O)c1cccc(C)c1. The van der Waals surface area contributed by atoms with E-state index in [2.05, 4.69) is 5.32 Å². The number of carbonyl (C=O) groups excluding carboxylic acids is 2. The molecule has 5 heteroatoms. The number of amides is 1. The lowest BCUT2D eigenvalue weighted by Crippen LogP contribution is -2.54. The number of nitrogens with one attached hydrogen (secondary N) is 1. The fourth-order valence-corrected chi connectivity index (χ4v) is 2.33. The van der Waals surface area contributed by atoms with Gasteiger partial charge in [0.1, 0.15) is 6.04 Å². The highest BCUT2D eigenvalue weighted by atomic mass is 16.5. The molecule has 1 aliphatic rings. The van der Waals surface area contributed by atoms with Crippen molar-refractivity contribution in [3.05, 3.63) is 35.4 Å². The Hall–Kier alpha value is -1.72. The molecule has 0 saturated carbocycles. The number of ether oxygens (including phenoxy) is 1. The number of aryl methyl sites for hydroxylation is 1. The molecule has 1 N–H and O–H groups in total. The van der Waals surface area contributed by atoms with E-state index in [-0.39, 0.29) is 24.3 Å². The van der Waals surface area contributed by atoms with Crippen LogP contribution in [0.4, 0.5) is 0 Å². The molecule has 1 saturated heterocycles. The molecule has 20 heavy (non-hydrogen) atoms. The van der Waals surface area contributed by atoms with Crippen LogP contribution in [0.25, 0.3) is 0 Å². The second-order valence-electron chi connectivity index (χ2n) is 4.97. The highest BCUT2D eigenvalue weighted by Gasteiger charge is 2.30. The van der Waals surface area contributed by atoms with E-state index in [1.54, 1.807) is 7.05 Å². The molecule has 1 fully saturated rings. The molecule has 5 nitrogen and oxygen atoms in total. The third-order valence-electron chi connectivity index (χ3n) is 3.48. The molecule has 1 aromatic rings. The third kappa shape index (κ3) is 3.43. The maximum atomic E-state index is 12.3. The Morgan fingerprint density at radius 1 is 1.45 bits per heavy atom. The molecule has 0 aromatic heterocycles. The zero-order chi connectivity index (χ0) is 14.5. The fourth-order valence-electron chi connectivity index (χ4n) is 2.33. The summed E-state index contributed by atoms with van der Waals surface area (Å²) in [6, 6.07) is 7.13. The Morgan fingerprint density at radius 2 is 2.25 bits per heavy atom. The number of ketones is 1. The van der Waals surface area contributed by atoms with E-state index < -0.39 is 0 Å². The highest BCUT2D eigenvalue weighted by molar-refractivity contribution is 5.98. The van der Waals surface area contributed by atoms with Gasteiger partial charge in [0.25, 0.3) is 0 Å². The Labute approximate surface area is 118 Å². The zero-order valence-electron chi connectivity index (χ0n) is 11.9. The molecule has 0 spiro atoms. The van der Waals surface area contributed by atoms with Gasteiger partial charge in [-0.3, -0.25) is 14.5 Å². The van der Waals surface area contributed by atoms with Crippen molar-refractivity contribution in [1.29, 1.82) is 0 Å². The molecule has 0 bridgehead atoms. The van der Waals surface area contributed by atoms with Crippen LogP contribution < -0.4 is 5.32 Å². The van der Waals surface area contributed by atoms with E-state index in [0.29, 0.717) is 25.3 Å². The van der Waals surface area contributed by atoms with Gasteiger partial charge < -0.3 is 10.1 Å². The minimum absolute atomic E-state index is 0.0319. The summed E-state index contributed by atoms with van der Waals surface area (Å²) in [6.07, 6.45) is 0. The molecule has 2 rings (SSSR count). The summed E-state index contributed by atoms with van der Waals surface area (Å²) in [5.74, 6) is -0.0776. The second-order valence-corrected chi connectivity index (χ2v) is 4.97. The minimum atomic E-state index is -0.387. The van der Waals surface area contributed by atoms with Crippen molar-refractivity contribution in [3.8, 4) is 0 Å². The number of carbonyl (C=O) groups is 2. The Kier molecular flexibility index (Phi) is 4.87. The Morgan fingerprint density at radius 3 is 2.95 bits per heavy atom. The first-order valence-electron chi connectivity index (χ1n) is 6.75. The van der Waals surface area contributed by atoms with Gasteiger partial charge in [0.15, 0.2) is 5.78 Å². The summed E-state index contributed by atoms with van der Waals surface area (Å²) in [5.41, 5.74) is 1.74. The second kappa shape index (κ2) is 6.63. The van der Waals surface area contributed by atoms with Gasteiger partial charge in [-0.25, -0.2) is 0 Å². The first-order chi connectivity index (χ1) is 9.61. The van der Waals surface area contributed by atoms with Gasteiger partial charge in [-0.15, -0.1) is 0 Å². The number of rotatable bonds is 4. The molecular weight excluding hydrogens is 256 g/mol. The van der Waals surface area contributed by atoms with Crippen LogP contribution in [0.3, 0.4) is 0 Å². The van der Waals surface area contributed by atoms with Crippen LogP contribution in [0, 0.1) is 6.92 Å². The normalized spacial score (nSPS) is 19.6. The molecule has 1 atom stereocenters. The van der Waals surface area contributed by atoms with Gasteiger partial charge in [0, 0.05) is 19.2 Å². The van der Waals surface area contributed by atoms with Gasteiger partial charge in [0.05, 0.1) is 19.8 Å². The van der Waals surface area contributed by atoms with Crippen LogP contribution in [-0.4, -0.2) is 56.0 Å². The summed E-state index contributed by atoms with van der Waals surface area (Å²) < 4.78 is 5.33. The van der Waals surface area contributed by atoms with Crippen LogP contribution >= 0.6 is 0 Å². The summed E-state index contributed by atoms with van der Waals surface area (Å²) in [4.78, 5) is 26.0. The summed E-state index contributed by atoms with van der Waals surface area (Å²) >= 11 is 0. The van der Waals surface area contributed by atoms with Crippen LogP contribution in [0.5, 0.6) is 0 Å². The Bertz CT molecular complexity index is 502. The topological polar surface area (TPSA) is 58.6 Å². The van der Waals surface area contributed by atoms with Crippen molar-refractivity contribution in [3.63, 3.8) is 0 Å². The van der Waals surface area contributed by atoms with Crippen LogP contribution in [0.1, 0.15) is 15.9 Å². The van der Waals surface area contributed by atoms with Crippen LogP contribution in [-0.2, 0) is 9.53 Å². The average Bonchev–Trinajstić information content (AvgIpc) is 2.47.